The molecule has 1 aliphatic heterocycles. The van der Waals surface area contributed by atoms with Gasteiger partial charge in [-0.15, -0.1) is 0 Å². The SMILES string of the molecule is COc1ccc(OC2=COC3CC(OCC(=O)c4ccc(OC)cc4)CCC3C2=O)cc1. The number of Topliss-reactive ketones (excluding diaryl/α,β-unsaturated/α-hetero) is 2. The first-order valence-electron chi connectivity index (χ1n) is 10.6. The van der Waals surface area contributed by atoms with Gasteiger partial charge in [-0.05, 0) is 61.4 Å². The molecular weight excluding hydrogens is 412 g/mol. The fourth-order valence-corrected chi connectivity index (χ4v) is 3.98. The van der Waals surface area contributed by atoms with Gasteiger partial charge < -0.3 is 23.7 Å². The van der Waals surface area contributed by atoms with Crippen molar-refractivity contribution < 1.29 is 33.3 Å². The molecule has 2 aromatic carbocycles. The van der Waals surface area contributed by atoms with E-state index in [4.69, 9.17) is 23.7 Å². The number of methoxy groups -OCH3 is 2. The van der Waals surface area contributed by atoms with Crippen LogP contribution >= 0.6 is 0 Å². The van der Waals surface area contributed by atoms with Crippen molar-refractivity contribution in [2.75, 3.05) is 20.8 Å². The number of hydrogen-bond acceptors (Lipinski definition) is 7. The number of hydrogen-bond donors (Lipinski definition) is 0. The lowest BCUT2D eigenvalue weighted by atomic mass is 9.80. The summed E-state index contributed by atoms with van der Waals surface area (Å²) in [5.41, 5.74) is 0.576. The first kappa shape index (κ1) is 21.9. The van der Waals surface area contributed by atoms with E-state index in [0.29, 0.717) is 42.1 Å². The van der Waals surface area contributed by atoms with Crippen LogP contribution in [0.4, 0.5) is 0 Å². The summed E-state index contributed by atoms with van der Waals surface area (Å²) >= 11 is 0. The fraction of sp³-hybridized carbons (Fsp3) is 0.360. The van der Waals surface area contributed by atoms with Crippen LogP contribution in [-0.2, 0) is 14.3 Å². The van der Waals surface area contributed by atoms with Crippen molar-refractivity contribution in [3.05, 3.63) is 66.1 Å². The highest BCUT2D eigenvalue weighted by atomic mass is 16.5. The van der Waals surface area contributed by atoms with Crippen LogP contribution in [-0.4, -0.2) is 44.6 Å². The molecule has 0 bridgehead atoms. The van der Waals surface area contributed by atoms with E-state index in [2.05, 4.69) is 0 Å². The number of benzene rings is 2. The van der Waals surface area contributed by atoms with E-state index in [1.165, 1.54) is 6.26 Å². The van der Waals surface area contributed by atoms with E-state index in [1.807, 2.05) is 0 Å². The summed E-state index contributed by atoms with van der Waals surface area (Å²) in [7, 11) is 3.17. The van der Waals surface area contributed by atoms with Crippen LogP contribution in [0.5, 0.6) is 17.2 Å². The standard InChI is InChI=1S/C25H26O7/c1-28-17-5-3-16(4-6-17)22(26)14-30-20-11-12-21-23(13-20)31-15-24(25(21)27)32-19-9-7-18(29-2)8-10-19/h3-10,15,20-21,23H,11-14H2,1-2H3. The molecular formula is C25H26O7. The summed E-state index contributed by atoms with van der Waals surface area (Å²) in [5.74, 6) is 1.72. The number of rotatable bonds is 8. The lowest BCUT2D eigenvalue weighted by Crippen LogP contribution is -2.42. The lowest BCUT2D eigenvalue weighted by molar-refractivity contribution is -0.133. The average Bonchev–Trinajstić information content (AvgIpc) is 2.84. The van der Waals surface area contributed by atoms with Crippen molar-refractivity contribution in [1.82, 2.24) is 0 Å². The second kappa shape index (κ2) is 9.87. The molecule has 4 rings (SSSR count). The van der Waals surface area contributed by atoms with E-state index < -0.39 is 0 Å². The average molecular weight is 438 g/mol. The first-order chi connectivity index (χ1) is 15.6. The maximum Gasteiger partial charge on any atom is 0.207 e. The summed E-state index contributed by atoms with van der Waals surface area (Å²) in [6.45, 7) is -0.00992. The Labute approximate surface area is 186 Å². The largest absolute Gasteiger partial charge is 0.497 e. The zero-order valence-corrected chi connectivity index (χ0v) is 18.1. The van der Waals surface area contributed by atoms with Gasteiger partial charge in [-0.25, -0.2) is 0 Å². The summed E-state index contributed by atoms with van der Waals surface area (Å²) in [5, 5.41) is 0. The summed E-state index contributed by atoms with van der Waals surface area (Å²) < 4.78 is 27.6. The maximum atomic E-state index is 12.9. The van der Waals surface area contributed by atoms with Gasteiger partial charge in [0.1, 0.15) is 36.2 Å². The molecule has 32 heavy (non-hydrogen) atoms. The molecule has 1 saturated carbocycles. The van der Waals surface area contributed by atoms with Crippen molar-refractivity contribution in [2.45, 2.75) is 31.5 Å². The Morgan fingerprint density at radius 2 is 1.56 bits per heavy atom. The van der Waals surface area contributed by atoms with Gasteiger partial charge in [0.2, 0.25) is 11.5 Å². The lowest BCUT2D eigenvalue weighted by Gasteiger charge is -2.37. The summed E-state index contributed by atoms with van der Waals surface area (Å²) in [6.07, 6.45) is 2.83. The molecule has 3 unspecified atom stereocenters. The van der Waals surface area contributed by atoms with Crippen LogP contribution in [0.3, 0.4) is 0 Å². The minimum absolute atomic E-state index is 0.00992. The Hall–Kier alpha value is -3.32. The Morgan fingerprint density at radius 1 is 0.938 bits per heavy atom. The third-order valence-corrected chi connectivity index (χ3v) is 5.82. The normalized spacial score (nSPS) is 22.2. The number of fused-ring (bicyclic) bond motifs is 1. The van der Waals surface area contributed by atoms with E-state index in [0.717, 1.165) is 0 Å². The minimum atomic E-state index is -0.277. The zero-order chi connectivity index (χ0) is 22.5. The molecule has 1 heterocycles. The predicted octanol–water partition coefficient (Wildman–Crippen LogP) is 3.96. The first-order valence-corrected chi connectivity index (χ1v) is 10.6. The van der Waals surface area contributed by atoms with Crippen molar-refractivity contribution >= 4 is 11.6 Å². The van der Waals surface area contributed by atoms with E-state index in [-0.39, 0.29) is 42.1 Å². The van der Waals surface area contributed by atoms with Crippen molar-refractivity contribution in [2.24, 2.45) is 5.92 Å². The van der Waals surface area contributed by atoms with Crippen molar-refractivity contribution in [3.8, 4) is 17.2 Å². The molecule has 7 heteroatoms. The van der Waals surface area contributed by atoms with Crippen LogP contribution in [0.25, 0.3) is 0 Å². The Morgan fingerprint density at radius 3 is 2.22 bits per heavy atom. The fourth-order valence-electron chi connectivity index (χ4n) is 3.98. The molecule has 7 nitrogen and oxygen atoms in total. The van der Waals surface area contributed by atoms with Gasteiger partial charge >= 0.3 is 0 Å². The molecule has 0 saturated heterocycles. The van der Waals surface area contributed by atoms with Gasteiger partial charge in [0.15, 0.2) is 5.78 Å². The Kier molecular flexibility index (Phi) is 6.75. The molecule has 0 N–H and O–H groups in total. The predicted molar refractivity (Wildman–Crippen MR) is 116 cm³/mol. The Bertz CT molecular complexity index is 978. The molecule has 3 atom stereocenters. The second-order valence-electron chi connectivity index (χ2n) is 7.80. The Balaban J connectivity index is 1.30. The van der Waals surface area contributed by atoms with Gasteiger partial charge in [-0.1, -0.05) is 0 Å². The van der Waals surface area contributed by atoms with Crippen LogP contribution in [0.1, 0.15) is 29.6 Å². The van der Waals surface area contributed by atoms with E-state index in [1.54, 1.807) is 62.8 Å². The maximum absolute atomic E-state index is 12.9. The molecule has 1 fully saturated rings. The number of carbonyl (C=O) groups is 2. The highest BCUT2D eigenvalue weighted by Crippen LogP contribution is 2.35. The van der Waals surface area contributed by atoms with Gasteiger partial charge in [-0.2, -0.15) is 0 Å². The molecule has 0 aromatic heterocycles. The second-order valence-corrected chi connectivity index (χ2v) is 7.80. The van der Waals surface area contributed by atoms with Gasteiger partial charge in [0, 0.05) is 12.0 Å². The van der Waals surface area contributed by atoms with E-state index >= 15 is 0 Å². The monoisotopic (exact) mass is 438 g/mol. The van der Waals surface area contributed by atoms with Gasteiger partial charge in [-0.3, -0.25) is 9.59 Å². The number of ketones is 2. The van der Waals surface area contributed by atoms with Crippen LogP contribution in [0, 0.1) is 5.92 Å². The molecule has 1 aliphatic carbocycles. The van der Waals surface area contributed by atoms with Crippen LogP contribution in [0.2, 0.25) is 0 Å². The topological polar surface area (TPSA) is 80.3 Å². The third kappa shape index (κ3) is 4.94. The smallest absolute Gasteiger partial charge is 0.207 e. The van der Waals surface area contributed by atoms with Gasteiger partial charge in [0.05, 0.1) is 26.2 Å². The molecule has 2 aliphatic rings. The highest BCUT2D eigenvalue weighted by molar-refractivity contribution is 5.97. The van der Waals surface area contributed by atoms with Crippen LogP contribution < -0.4 is 14.2 Å². The third-order valence-electron chi connectivity index (χ3n) is 5.82. The van der Waals surface area contributed by atoms with Crippen LogP contribution in [0.15, 0.2) is 60.6 Å². The number of carbonyl (C=O) groups excluding carboxylic acids is 2. The van der Waals surface area contributed by atoms with E-state index in [9.17, 15) is 9.59 Å². The highest BCUT2D eigenvalue weighted by Gasteiger charge is 2.41. The summed E-state index contributed by atoms with van der Waals surface area (Å²) in [4.78, 5) is 25.3. The van der Waals surface area contributed by atoms with Gasteiger partial charge in [0.25, 0.3) is 0 Å². The molecule has 0 amide bonds. The number of ether oxygens (including phenoxy) is 5. The van der Waals surface area contributed by atoms with Crippen molar-refractivity contribution in [3.63, 3.8) is 0 Å². The quantitative estimate of drug-likeness (QED) is 0.577. The summed E-state index contributed by atoms with van der Waals surface area (Å²) in [6, 6.07) is 14.0. The molecule has 0 radical (unpaired) electrons. The number of allylic oxidation sites excluding steroid dienone is 1. The molecule has 168 valence electrons. The zero-order valence-electron chi connectivity index (χ0n) is 18.1. The molecule has 2 aromatic rings. The molecule has 0 spiro atoms. The van der Waals surface area contributed by atoms with Crippen molar-refractivity contribution in [1.29, 1.82) is 0 Å². The minimum Gasteiger partial charge on any atom is -0.497 e.